The quantitative estimate of drug-likeness (QED) is 0.719. The summed E-state index contributed by atoms with van der Waals surface area (Å²) in [5.74, 6) is 1.25. The van der Waals surface area contributed by atoms with Crippen LogP contribution in [-0.2, 0) is 0 Å². The Labute approximate surface area is 126 Å². The molecule has 0 atom stereocenters. The first-order valence-corrected chi connectivity index (χ1v) is 7.16. The van der Waals surface area contributed by atoms with Gasteiger partial charge in [-0.15, -0.1) is 0 Å². The monoisotopic (exact) mass is 295 g/mol. The fourth-order valence-corrected chi connectivity index (χ4v) is 2.54. The zero-order chi connectivity index (χ0) is 14.5. The van der Waals surface area contributed by atoms with Gasteiger partial charge in [0.1, 0.15) is 22.9 Å². The summed E-state index contributed by atoms with van der Waals surface area (Å²) in [6.07, 6.45) is 3.20. The first-order valence-electron chi connectivity index (χ1n) is 6.34. The van der Waals surface area contributed by atoms with Crippen molar-refractivity contribution in [2.75, 3.05) is 11.1 Å². The number of hydrogen-bond acceptors (Lipinski definition) is 6. The van der Waals surface area contributed by atoms with Crippen LogP contribution in [0.1, 0.15) is 0 Å². The van der Waals surface area contributed by atoms with E-state index in [4.69, 9.17) is 5.73 Å². The molecule has 2 heterocycles. The molecule has 1 aromatic carbocycles. The van der Waals surface area contributed by atoms with Gasteiger partial charge < -0.3 is 11.1 Å². The first kappa shape index (κ1) is 13.4. The van der Waals surface area contributed by atoms with E-state index in [2.05, 4.69) is 20.3 Å². The molecule has 0 radical (unpaired) electrons. The van der Waals surface area contributed by atoms with Gasteiger partial charge in [0.05, 0.1) is 0 Å². The lowest BCUT2D eigenvalue weighted by Gasteiger charge is -2.10. The molecule has 3 aromatic rings. The van der Waals surface area contributed by atoms with Crippen molar-refractivity contribution in [1.29, 1.82) is 0 Å². The van der Waals surface area contributed by atoms with Crippen LogP contribution in [0.3, 0.4) is 0 Å². The third-order valence-corrected chi connectivity index (χ3v) is 3.74. The highest BCUT2D eigenvalue weighted by Gasteiger charge is 2.10. The fourth-order valence-electron chi connectivity index (χ4n) is 1.72. The average Bonchev–Trinajstić information content (AvgIpc) is 2.53. The molecule has 2 aromatic heterocycles. The molecule has 3 rings (SSSR count). The van der Waals surface area contributed by atoms with Crippen LogP contribution >= 0.6 is 11.8 Å². The predicted molar refractivity (Wildman–Crippen MR) is 84.5 cm³/mol. The largest absolute Gasteiger partial charge is 0.394 e. The Morgan fingerprint density at radius 2 is 1.71 bits per heavy atom. The Balaban J connectivity index is 1.85. The van der Waals surface area contributed by atoms with Crippen molar-refractivity contribution in [3.8, 4) is 0 Å². The van der Waals surface area contributed by atoms with Crippen LogP contribution < -0.4 is 11.1 Å². The van der Waals surface area contributed by atoms with Crippen LogP contribution in [0.15, 0.2) is 71.0 Å². The van der Waals surface area contributed by atoms with Gasteiger partial charge in [-0.1, -0.05) is 36.0 Å². The van der Waals surface area contributed by atoms with Crippen molar-refractivity contribution in [2.24, 2.45) is 0 Å². The molecule has 0 fully saturated rings. The van der Waals surface area contributed by atoms with E-state index in [-0.39, 0.29) is 0 Å². The van der Waals surface area contributed by atoms with Crippen molar-refractivity contribution in [3.05, 3.63) is 61.1 Å². The SMILES string of the molecule is Nc1c(Nc2ccccn2)ncnc1Sc1ccccc1. The lowest BCUT2D eigenvalue weighted by atomic mass is 10.4. The molecule has 104 valence electrons. The van der Waals surface area contributed by atoms with E-state index < -0.39 is 0 Å². The molecular formula is C15H13N5S. The second-order valence-electron chi connectivity index (χ2n) is 4.20. The van der Waals surface area contributed by atoms with E-state index in [1.807, 2.05) is 48.5 Å². The standard InChI is InChI=1S/C15H13N5S/c16-13-14(20-12-8-4-5-9-17-12)18-10-19-15(13)21-11-6-2-1-3-7-11/h1-10H,16H2,(H,17,18,19,20). The van der Waals surface area contributed by atoms with E-state index in [0.29, 0.717) is 17.3 Å². The smallest absolute Gasteiger partial charge is 0.159 e. The van der Waals surface area contributed by atoms with Gasteiger partial charge in [0, 0.05) is 11.1 Å². The summed E-state index contributed by atoms with van der Waals surface area (Å²) >= 11 is 1.50. The van der Waals surface area contributed by atoms with Gasteiger partial charge in [-0.25, -0.2) is 15.0 Å². The molecule has 21 heavy (non-hydrogen) atoms. The second kappa shape index (κ2) is 6.23. The summed E-state index contributed by atoms with van der Waals surface area (Å²) in [5.41, 5.74) is 6.65. The molecule has 0 saturated heterocycles. The van der Waals surface area contributed by atoms with Crippen molar-refractivity contribution in [3.63, 3.8) is 0 Å². The van der Waals surface area contributed by atoms with Crippen LogP contribution in [0.25, 0.3) is 0 Å². The highest BCUT2D eigenvalue weighted by atomic mass is 32.2. The van der Waals surface area contributed by atoms with E-state index in [0.717, 1.165) is 9.92 Å². The van der Waals surface area contributed by atoms with Crippen LogP contribution in [-0.4, -0.2) is 15.0 Å². The Hall–Kier alpha value is -2.60. The molecule has 0 amide bonds. The molecule has 0 spiro atoms. The van der Waals surface area contributed by atoms with E-state index in [9.17, 15) is 0 Å². The van der Waals surface area contributed by atoms with E-state index in [1.165, 1.54) is 18.1 Å². The van der Waals surface area contributed by atoms with E-state index >= 15 is 0 Å². The highest BCUT2D eigenvalue weighted by molar-refractivity contribution is 7.99. The second-order valence-corrected chi connectivity index (χ2v) is 5.26. The summed E-state index contributed by atoms with van der Waals surface area (Å²) in [5, 5.41) is 3.82. The van der Waals surface area contributed by atoms with Gasteiger partial charge in [-0.2, -0.15) is 0 Å². The summed E-state index contributed by atoms with van der Waals surface area (Å²) in [6, 6.07) is 15.6. The number of hydrogen-bond donors (Lipinski definition) is 2. The summed E-state index contributed by atoms with van der Waals surface area (Å²) < 4.78 is 0. The number of nitrogen functional groups attached to an aromatic ring is 1. The Morgan fingerprint density at radius 1 is 0.905 bits per heavy atom. The summed E-state index contributed by atoms with van der Waals surface area (Å²) in [4.78, 5) is 13.7. The normalized spacial score (nSPS) is 10.3. The molecule has 0 aliphatic carbocycles. The zero-order valence-corrected chi connectivity index (χ0v) is 11.9. The van der Waals surface area contributed by atoms with Crippen molar-refractivity contribution >= 4 is 29.1 Å². The van der Waals surface area contributed by atoms with Crippen molar-refractivity contribution in [2.45, 2.75) is 9.92 Å². The number of nitrogens with zero attached hydrogens (tertiary/aromatic N) is 3. The fraction of sp³-hybridized carbons (Fsp3) is 0. The molecule has 0 aliphatic rings. The number of pyridine rings is 1. The third kappa shape index (κ3) is 3.29. The van der Waals surface area contributed by atoms with Crippen LogP contribution in [0, 0.1) is 0 Å². The predicted octanol–water partition coefficient (Wildman–Crippen LogP) is 3.35. The van der Waals surface area contributed by atoms with Gasteiger partial charge in [-0.3, -0.25) is 0 Å². The molecule has 5 nitrogen and oxygen atoms in total. The number of anilines is 3. The van der Waals surface area contributed by atoms with Crippen molar-refractivity contribution in [1.82, 2.24) is 15.0 Å². The molecule has 0 bridgehead atoms. The topological polar surface area (TPSA) is 76.7 Å². The summed E-state index contributed by atoms with van der Waals surface area (Å²) in [6.45, 7) is 0. The number of benzene rings is 1. The number of rotatable bonds is 4. The van der Waals surface area contributed by atoms with Gasteiger partial charge in [0.25, 0.3) is 0 Å². The lowest BCUT2D eigenvalue weighted by Crippen LogP contribution is -2.03. The Bertz CT molecular complexity index is 659. The van der Waals surface area contributed by atoms with Crippen LogP contribution in [0.5, 0.6) is 0 Å². The Kier molecular flexibility index (Phi) is 3.97. The van der Waals surface area contributed by atoms with Gasteiger partial charge in [0.2, 0.25) is 0 Å². The maximum Gasteiger partial charge on any atom is 0.159 e. The molecule has 0 aliphatic heterocycles. The van der Waals surface area contributed by atoms with Gasteiger partial charge >= 0.3 is 0 Å². The Morgan fingerprint density at radius 3 is 2.48 bits per heavy atom. The minimum absolute atomic E-state index is 0.511. The maximum atomic E-state index is 6.14. The minimum Gasteiger partial charge on any atom is -0.394 e. The van der Waals surface area contributed by atoms with Gasteiger partial charge in [0.15, 0.2) is 5.82 Å². The molecule has 3 N–H and O–H groups in total. The van der Waals surface area contributed by atoms with Crippen LogP contribution in [0.4, 0.5) is 17.3 Å². The molecule has 6 heteroatoms. The number of nitrogens with one attached hydrogen (secondary N) is 1. The third-order valence-electron chi connectivity index (χ3n) is 2.72. The van der Waals surface area contributed by atoms with Crippen LogP contribution in [0.2, 0.25) is 0 Å². The first-order chi connectivity index (χ1) is 10.3. The zero-order valence-electron chi connectivity index (χ0n) is 11.1. The minimum atomic E-state index is 0.511. The average molecular weight is 295 g/mol. The van der Waals surface area contributed by atoms with Gasteiger partial charge in [-0.05, 0) is 24.3 Å². The van der Waals surface area contributed by atoms with Crippen molar-refractivity contribution < 1.29 is 0 Å². The molecule has 0 saturated carbocycles. The number of nitrogens with two attached hydrogens (primary N) is 1. The molecule has 0 unspecified atom stereocenters. The summed E-state index contributed by atoms with van der Waals surface area (Å²) in [7, 11) is 0. The maximum absolute atomic E-state index is 6.14. The number of aromatic nitrogens is 3. The molecular weight excluding hydrogens is 282 g/mol. The van der Waals surface area contributed by atoms with E-state index in [1.54, 1.807) is 6.20 Å². The lowest BCUT2D eigenvalue weighted by molar-refractivity contribution is 1.06. The highest BCUT2D eigenvalue weighted by Crippen LogP contribution is 2.33.